The number of ether oxygens (including phenoxy) is 1. The van der Waals surface area contributed by atoms with Crippen molar-refractivity contribution < 1.29 is 22.3 Å². The van der Waals surface area contributed by atoms with Gasteiger partial charge in [0, 0.05) is 24.3 Å². The van der Waals surface area contributed by atoms with Gasteiger partial charge in [-0.2, -0.15) is 0 Å². The Morgan fingerprint density at radius 2 is 1.58 bits per heavy atom. The van der Waals surface area contributed by atoms with Crippen LogP contribution in [-0.2, 0) is 10.0 Å². The van der Waals surface area contributed by atoms with E-state index in [0.29, 0.717) is 31.2 Å². The number of piperidine rings is 1. The van der Waals surface area contributed by atoms with Crippen LogP contribution in [0.2, 0.25) is 0 Å². The molecular weight excluding hydrogens is 443 g/mol. The van der Waals surface area contributed by atoms with Crippen LogP contribution in [-0.4, -0.2) is 38.9 Å². The molecule has 1 amide bonds. The molecule has 0 spiro atoms. The summed E-state index contributed by atoms with van der Waals surface area (Å²) in [6, 6.07) is 20.6. The van der Waals surface area contributed by atoms with Crippen LogP contribution in [0, 0.1) is 11.7 Å². The fourth-order valence-electron chi connectivity index (χ4n) is 3.72. The summed E-state index contributed by atoms with van der Waals surface area (Å²) in [4.78, 5) is 14.7. The normalized spacial score (nSPS) is 14.6. The lowest BCUT2D eigenvalue weighted by atomic mass is 9.97. The quantitative estimate of drug-likeness (QED) is 0.552. The zero-order chi connectivity index (χ0) is 23.3. The van der Waals surface area contributed by atoms with E-state index in [2.05, 4.69) is 4.72 Å². The molecular formula is C25H25FN2O4S. The Hall–Kier alpha value is -3.39. The van der Waals surface area contributed by atoms with Crippen LogP contribution in [0.5, 0.6) is 5.75 Å². The van der Waals surface area contributed by atoms with Gasteiger partial charge < -0.3 is 9.64 Å². The minimum absolute atomic E-state index is 0.0279. The van der Waals surface area contributed by atoms with Gasteiger partial charge in [0.2, 0.25) is 0 Å². The second-order valence-corrected chi connectivity index (χ2v) is 9.68. The Morgan fingerprint density at radius 1 is 0.939 bits per heavy atom. The molecule has 0 unspecified atom stereocenters. The smallest absolute Gasteiger partial charge is 0.261 e. The van der Waals surface area contributed by atoms with Crippen molar-refractivity contribution in [1.29, 1.82) is 0 Å². The Balaban J connectivity index is 1.31. The van der Waals surface area contributed by atoms with Crippen LogP contribution in [0.3, 0.4) is 0 Å². The molecule has 1 fully saturated rings. The maximum Gasteiger partial charge on any atom is 0.261 e. The predicted molar refractivity (Wildman–Crippen MR) is 124 cm³/mol. The van der Waals surface area contributed by atoms with E-state index in [1.807, 2.05) is 30.3 Å². The molecule has 3 aromatic carbocycles. The lowest BCUT2D eigenvalue weighted by Gasteiger charge is -2.32. The number of benzene rings is 3. The highest BCUT2D eigenvalue weighted by molar-refractivity contribution is 7.92. The minimum Gasteiger partial charge on any atom is -0.493 e. The van der Waals surface area contributed by atoms with E-state index in [1.165, 1.54) is 48.5 Å². The molecule has 0 atom stereocenters. The van der Waals surface area contributed by atoms with Crippen molar-refractivity contribution in [3.63, 3.8) is 0 Å². The third kappa shape index (κ3) is 5.90. The zero-order valence-corrected chi connectivity index (χ0v) is 18.8. The second-order valence-electron chi connectivity index (χ2n) is 8.00. The summed E-state index contributed by atoms with van der Waals surface area (Å²) >= 11 is 0. The molecule has 0 aromatic heterocycles. The van der Waals surface area contributed by atoms with E-state index in [-0.39, 0.29) is 16.5 Å². The summed E-state index contributed by atoms with van der Waals surface area (Å²) < 4.78 is 46.4. The fraction of sp³-hybridized carbons (Fsp3) is 0.240. The molecule has 1 saturated heterocycles. The van der Waals surface area contributed by atoms with Gasteiger partial charge in [-0.25, -0.2) is 12.8 Å². The standard InChI is InChI=1S/C25H25FN2O4S/c26-21-8-10-22(11-9-21)27-33(30,31)24-12-6-20(7-13-24)25(29)28-16-14-19(15-17-28)18-32-23-4-2-1-3-5-23/h1-13,19,27H,14-18H2. The van der Waals surface area contributed by atoms with Crippen LogP contribution in [0.4, 0.5) is 10.1 Å². The number of rotatable bonds is 7. The van der Waals surface area contributed by atoms with Gasteiger partial charge in [0.15, 0.2) is 0 Å². The van der Waals surface area contributed by atoms with Crippen LogP contribution >= 0.6 is 0 Å². The van der Waals surface area contributed by atoms with Gasteiger partial charge in [-0.15, -0.1) is 0 Å². The van der Waals surface area contributed by atoms with Crippen molar-refractivity contribution in [3.8, 4) is 5.75 Å². The maximum atomic E-state index is 13.0. The van der Waals surface area contributed by atoms with Gasteiger partial charge in [0.05, 0.1) is 11.5 Å². The number of likely N-dealkylation sites (tertiary alicyclic amines) is 1. The van der Waals surface area contributed by atoms with Crippen molar-refractivity contribution in [2.75, 3.05) is 24.4 Å². The molecule has 0 saturated carbocycles. The monoisotopic (exact) mass is 468 g/mol. The Labute approximate surface area is 193 Å². The number of carbonyl (C=O) groups is 1. The molecule has 1 aliphatic rings. The lowest BCUT2D eigenvalue weighted by molar-refractivity contribution is 0.0661. The van der Waals surface area contributed by atoms with Crippen molar-refractivity contribution in [2.45, 2.75) is 17.7 Å². The summed E-state index contributed by atoms with van der Waals surface area (Å²) in [6.45, 7) is 1.89. The Kier molecular flexibility index (Phi) is 6.93. The number of para-hydroxylation sites is 1. The number of halogens is 1. The lowest BCUT2D eigenvalue weighted by Crippen LogP contribution is -2.39. The summed E-state index contributed by atoms with van der Waals surface area (Å²) in [5.41, 5.74) is 0.699. The molecule has 1 heterocycles. The van der Waals surface area contributed by atoms with E-state index in [4.69, 9.17) is 4.74 Å². The maximum absolute atomic E-state index is 13.0. The Bertz CT molecular complexity index is 1180. The average Bonchev–Trinajstić information content (AvgIpc) is 2.85. The number of carbonyl (C=O) groups excluding carboxylic acids is 1. The molecule has 172 valence electrons. The van der Waals surface area contributed by atoms with Gasteiger partial charge in [0.1, 0.15) is 11.6 Å². The van der Waals surface area contributed by atoms with Crippen molar-refractivity contribution in [3.05, 3.63) is 90.2 Å². The van der Waals surface area contributed by atoms with Gasteiger partial charge in [-0.1, -0.05) is 18.2 Å². The summed E-state index contributed by atoms with van der Waals surface area (Å²) in [6.07, 6.45) is 1.71. The number of hydrogen-bond donors (Lipinski definition) is 1. The van der Waals surface area contributed by atoms with Gasteiger partial charge in [0.25, 0.3) is 15.9 Å². The van der Waals surface area contributed by atoms with Crippen molar-refractivity contribution in [1.82, 2.24) is 4.90 Å². The van der Waals surface area contributed by atoms with Crippen LogP contribution in [0.25, 0.3) is 0 Å². The molecule has 0 aliphatic carbocycles. The highest BCUT2D eigenvalue weighted by Crippen LogP contribution is 2.22. The van der Waals surface area contributed by atoms with Gasteiger partial charge in [-0.3, -0.25) is 9.52 Å². The number of hydrogen-bond acceptors (Lipinski definition) is 4. The van der Waals surface area contributed by atoms with Crippen LogP contribution < -0.4 is 9.46 Å². The first-order chi connectivity index (χ1) is 15.9. The molecule has 6 nitrogen and oxygen atoms in total. The number of anilines is 1. The molecule has 1 aliphatic heterocycles. The second kappa shape index (κ2) is 10.0. The molecule has 0 bridgehead atoms. The first-order valence-electron chi connectivity index (χ1n) is 10.8. The third-order valence-electron chi connectivity index (χ3n) is 5.64. The van der Waals surface area contributed by atoms with Gasteiger partial charge >= 0.3 is 0 Å². The SMILES string of the molecule is O=C(c1ccc(S(=O)(=O)Nc2ccc(F)cc2)cc1)N1CCC(COc2ccccc2)CC1. The third-order valence-corrected chi connectivity index (χ3v) is 7.04. The van der Waals surface area contributed by atoms with Crippen molar-refractivity contribution >= 4 is 21.6 Å². The van der Waals surface area contributed by atoms with Crippen LogP contribution in [0.15, 0.2) is 83.8 Å². The molecule has 33 heavy (non-hydrogen) atoms. The topological polar surface area (TPSA) is 75.7 Å². The predicted octanol–water partition coefficient (Wildman–Crippen LogP) is 4.56. The number of nitrogens with zero attached hydrogens (tertiary/aromatic N) is 1. The molecule has 4 rings (SSSR count). The number of sulfonamides is 1. The largest absolute Gasteiger partial charge is 0.493 e. The highest BCUT2D eigenvalue weighted by atomic mass is 32.2. The minimum atomic E-state index is -3.84. The summed E-state index contributed by atoms with van der Waals surface area (Å²) in [7, 11) is -3.84. The molecule has 0 radical (unpaired) electrons. The summed E-state index contributed by atoms with van der Waals surface area (Å²) in [5, 5.41) is 0. The zero-order valence-electron chi connectivity index (χ0n) is 18.0. The van der Waals surface area contributed by atoms with Crippen molar-refractivity contribution in [2.24, 2.45) is 5.92 Å². The molecule has 8 heteroatoms. The van der Waals surface area contributed by atoms with E-state index in [1.54, 1.807) is 4.90 Å². The average molecular weight is 469 g/mol. The van der Waals surface area contributed by atoms with E-state index >= 15 is 0 Å². The summed E-state index contributed by atoms with van der Waals surface area (Å²) in [5.74, 6) is 0.667. The van der Waals surface area contributed by atoms with E-state index in [9.17, 15) is 17.6 Å². The fourth-order valence-corrected chi connectivity index (χ4v) is 4.78. The van der Waals surface area contributed by atoms with E-state index in [0.717, 1.165) is 18.6 Å². The molecule has 1 N–H and O–H groups in total. The van der Waals surface area contributed by atoms with Crippen LogP contribution in [0.1, 0.15) is 23.2 Å². The van der Waals surface area contributed by atoms with E-state index < -0.39 is 15.8 Å². The first-order valence-corrected chi connectivity index (χ1v) is 12.2. The Morgan fingerprint density at radius 3 is 2.21 bits per heavy atom. The highest BCUT2D eigenvalue weighted by Gasteiger charge is 2.24. The number of nitrogens with one attached hydrogen (secondary N) is 1. The first kappa shape index (κ1) is 22.8. The molecule has 3 aromatic rings. The van der Waals surface area contributed by atoms with Gasteiger partial charge in [-0.05, 0) is 79.4 Å². The number of amides is 1.